The van der Waals surface area contributed by atoms with Crippen molar-refractivity contribution >= 4 is 40.3 Å². The monoisotopic (exact) mass is 486 g/mol. The van der Waals surface area contributed by atoms with Gasteiger partial charge < -0.3 is 15.2 Å². The molecule has 1 heterocycles. The number of fused-ring (bicyclic) bond motifs is 1. The molecule has 2 amide bonds. The van der Waals surface area contributed by atoms with E-state index in [-0.39, 0.29) is 24.4 Å². The van der Waals surface area contributed by atoms with Gasteiger partial charge in [0.05, 0.1) is 17.1 Å². The van der Waals surface area contributed by atoms with E-state index in [1.54, 1.807) is 23.9 Å². The number of hydrogen-bond donors (Lipinski definition) is 2. The normalized spacial score (nSPS) is 11.9. The summed E-state index contributed by atoms with van der Waals surface area (Å²) >= 11 is 1.71. The van der Waals surface area contributed by atoms with Gasteiger partial charge in [-0.2, -0.15) is 11.8 Å². The van der Waals surface area contributed by atoms with Crippen molar-refractivity contribution in [1.82, 2.24) is 14.9 Å². The highest BCUT2D eigenvalue weighted by molar-refractivity contribution is 7.98. The van der Waals surface area contributed by atoms with Crippen LogP contribution >= 0.6 is 11.8 Å². The van der Waals surface area contributed by atoms with Crippen LogP contribution in [0, 0.1) is 13.8 Å². The van der Waals surface area contributed by atoms with E-state index >= 15 is 0 Å². The van der Waals surface area contributed by atoms with Crippen LogP contribution in [0.2, 0.25) is 0 Å². The first-order valence-corrected chi connectivity index (χ1v) is 13.0. The highest BCUT2D eigenvalue weighted by Crippen LogP contribution is 2.25. The van der Waals surface area contributed by atoms with Gasteiger partial charge in [0.15, 0.2) is 0 Å². The molecule has 1 aromatic heterocycles. The lowest BCUT2D eigenvalue weighted by molar-refractivity contribution is -0.116. The fraction of sp³-hybridized carbons (Fsp3) is 0.250. The molecule has 0 bridgehead atoms. The van der Waals surface area contributed by atoms with Crippen LogP contribution in [0.4, 0.5) is 5.69 Å². The van der Waals surface area contributed by atoms with Crippen LogP contribution in [0.5, 0.6) is 0 Å². The van der Waals surface area contributed by atoms with Crippen LogP contribution in [0.15, 0.2) is 72.8 Å². The molecule has 7 heteroatoms. The third-order valence-electron chi connectivity index (χ3n) is 5.75. The predicted molar refractivity (Wildman–Crippen MR) is 144 cm³/mol. The predicted octanol–water partition coefficient (Wildman–Crippen LogP) is 5.52. The lowest BCUT2D eigenvalue weighted by Gasteiger charge is -2.20. The minimum atomic E-state index is -0.337. The molecule has 35 heavy (non-hydrogen) atoms. The second-order valence-corrected chi connectivity index (χ2v) is 9.63. The van der Waals surface area contributed by atoms with Gasteiger partial charge in [-0.1, -0.05) is 36.4 Å². The Morgan fingerprint density at radius 1 is 0.971 bits per heavy atom. The van der Waals surface area contributed by atoms with Crippen LogP contribution in [0.25, 0.3) is 11.0 Å². The molecule has 4 rings (SSSR count). The SMILES string of the molecule is CSCC[C@H](NC(=O)c1ccccc1)c1nc2ccccc2n1CC(=O)Nc1cc(C)cc(C)c1. The third kappa shape index (κ3) is 6.11. The second kappa shape index (κ2) is 11.2. The Labute approximate surface area is 210 Å². The van der Waals surface area contributed by atoms with Crippen molar-refractivity contribution in [1.29, 1.82) is 0 Å². The zero-order chi connectivity index (χ0) is 24.8. The molecule has 180 valence electrons. The first kappa shape index (κ1) is 24.5. The molecule has 1 atom stereocenters. The number of para-hydroxylation sites is 2. The van der Waals surface area contributed by atoms with E-state index in [0.717, 1.165) is 33.6 Å². The van der Waals surface area contributed by atoms with E-state index in [1.807, 2.05) is 79.3 Å². The van der Waals surface area contributed by atoms with Crippen molar-refractivity contribution in [3.05, 3.63) is 95.3 Å². The van der Waals surface area contributed by atoms with Crippen molar-refractivity contribution in [2.75, 3.05) is 17.3 Å². The number of aromatic nitrogens is 2. The van der Waals surface area contributed by atoms with Gasteiger partial charge in [-0.15, -0.1) is 0 Å². The number of carbonyl (C=O) groups excluding carboxylic acids is 2. The van der Waals surface area contributed by atoms with Crippen LogP contribution in [0.3, 0.4) is 0 Å². The number of anilines is 1. The molecule has 4 aromatic rings. The number of rotatable bonds is 9. The molecule has 0 aliphatic rings. The summed E-state index contributed by atoms with van der Waals surface area (Å²) in [4.78, 5) is 31.0. The summed E-state index contributed by atoms with van der Waals surface area (Å²) in [5.41, 5.74) is 5.21. The van der Waals surface area contributed by atoms with Crippen molar-refractivity contribution in [2.24, 2.45) is 0 Å². The Balaban J connectivity index is 1.66. The maximum absolute atomic E-state index is 13.1. The summed E-state index contributed by atoms with van der Waals surface area (Å²) in [6.45, 7) is 4.12. The topological polar surface area (TPSA) is 76.0 Å². The maximum atomic E-state index is 13.1. The summed E-state index contributed by atoms with van der Waals surface area (Å²) in [6, 6.07) is 22.6. The smallest absolute Gasteiger partial charge is 0.251 e. The molecule has 3 aromatic carbocycles. The van der Waals surface area contributed by atoms with Crippen molar-refractivity contribution in [2.45, 2.75) is 32.9 Å². The Hall–Kier alpha value is -3.58. The molecule has 0 spiro atoms. The number of imidazole rings is 1. The third-order valence-corrected chi connectivity index (χ3v) is 6.40. The Bertz CT molecular complexity index is 1310. The van der Waals surface area contributed by atoms with Gasteiger partial charge in [-0.3, -0.25) is 9.59 Å². The van der Waals surface area contributed by atoms with Crippen molar-refractivity contribution in [3.8, 4) is 0 Å². The Kier molecular flexibility index (Phi) is 7.87. The van der Waals surface area contributed by atoms with Gasteiger partial charge in [0.25, 0.3) is 5.91 Å². The number of nitrogens with zero attached hydrogens (tertiary/aromatic N) is 2. The zero-order valence-corrected chi connectivity index (χ0v) is 21.1. The lowest BCUT2D eigenvalue weighted by atomic mass is 10.1. The lowest BCUT2D eigenvalue weighted by Crippen LogP contribution is -2.32. The van der Waals surface area contributed by atoms with Crippen molar-refractivity contribution in [3.63, 3.8) is 0 Å². The maximum Gasteiger partial charge on any atom is 0.251 e. The molecular weight excluding hydrogens is 456 g/mol. The van der Waals surface area contributed by atoms with Gasteiger partial charge >= 0.3 is 0 Å². The second-order valence-electron chi connectivity index (χ2n) is 8.64. The van der Waals surface area contributed by atoms with E-state index in [1.165, 1.54) is 0 Å². The zero-order valence-electron chi connectivity index (χ0n) is 20.2. The quantitative estimate of drug-likeness (QED) is 0.327. The first-order valence-electron chi connectivity index (χ1n) is 11.6. The Morgan fingerprint density at radius 2 is 1.66 bits per heavy atom. The molecule has 0 saturated carbocycles. The highest BCUT2D eigenvalue weighted by Gasteiger charge is 2.24. The van der Waals surface area contributed by atoms with Gasteiger partial charge in [-0.05, 0) is 79.8 Å². The molecule has 0 aliphatic heterocycles. The average molecular weight is 487 g/mol. The average Bonchev–Trinajstić information content (AvgIpc) is 3.19. The van der Waals surface area contributed by atoms with Crippen LogP contribution in [-0.4, -0.2) is 33.4 Å². The number of thioether (sulfide) groups is 1. The van der Waals surface area contributed by atoms with E-state index in [2.05, 4.69) is 16.7 Å². The summed E-state index contributed by atoms with van der Waals surface area (Å²) in [7, 11) is 0. The molecule has 0 radical (unpaired) electrons. The summed E-state index contributed by atoms with van der Waals surface area (Å²) < 4.78 is 1.92. The molecular formula is C28H30N4O2S. The van der Waals surface area contributed by atoms with Crippen LogP contribution in [0.1, 0.15) is 39.8 Å². The van der Waals surface area contributed by atoms with Crippen LogP contribution in [-0.2, 0) is 11.3 Å². The number of nitrogens with one attached hydrogen (secondary N) is 2. The van der Waals surface area contributed by atoms with E-state index in [0.29, 0.717) is 17.8 Å². The molecule has 0 saturated heterocycles. The summed E-state index contributed by atoms with van der Waals surface area (Å²) in [5, 5.41) is 6.18. The molecule has 0 fully saturated rings. The molecule has 6 nitrogen and oxygen atoms in total. The molecule has 0 unspecified atom stereocenters. The first-order chi connectivity index (χ1) is 16.9. The van der Waals surface area contributed by atoms with E-state index in [9.17, 15) is 9.59 Å². The van der Waals surface area contributed by atoms with Gasteiger partial charge in [0.1, 0.15) is 12.4 Å². The largest absolute Gasteiger partial charge is 0.342 e. The van der Waals surface area contributed by atoms with Crippen molar-refractivity contribution < 1.29 is 9.59 Å². The number of benzene rings is 3. The number of aryl methyl sites for hydroxylation is 2. The van der Waals surface area contributed by atoms with E-state index in [4.69, 9.17) is 4.98 Å². The minimum Gasteiger partial charge on any atom is -0.342 e. The number of carbonyl (C=O) groups is 2. The fourth-order valence-corrected chi connectivity index (χ4v) is 4.72. The fourth-order valence-electron chi connectivity index (χ4n) is 4.25. The summed E-state index contributed by atoms with van der Waals surface area (Å²) in [6.07, 6.45) is 2.73. The van der Waals surface area contributed by atoms with Gasteiger partial charge in [-0.25, -0.2) is 4.98 Å². The van der Waals surface area contributed by atoms with Gasteiger partial charge in [0, 0.05) is 11.3 Å². The van der Waals surface area contributed by atoms with Crippen LogP contribution < -0.4 is 10.6 Å². The minimum absolute atomic E-state index is 0.0970. The molecule has 2 N–H and O–H groups in total. The number of hydrogen-bond acceptors (Lipinski definition) is 4. The van der Waals surface area contributed by atoms with E-state index < -0.39 is 0 Å². The number of amides is 2. The molecule has 0 aliphatic carbocycles. The summed E-state index contributed by atoms with van der Waals surface area (Å²) in [5.74, 6) is 1.23. The Morgan fingerprint density at radius 3 is 2.37 bits per heavy atom. The highest BCUT2D eigenvalue weighted by atomic mass is 32.2. The van der Waals surface area contributed by atoms with Gasteiger partial charge in [0.2, 0.25) is 5.91 Å². The standard InChI is InChI=1S/C28H30N4O2S/c1-19-15-20(2)17-22(16-19)29-26(33)18-32-25-12-8-7-11-23(25)30-27(32)24(13-14-35-3)31-28(34)21-9-5-4-6-10-21/h4-12,15-17,24H,13-14,18H2,1-3H3,(H,29,33)(H,31,34)/t24-/m0/s1.